The summed E-state index contributed by atoms with van der Waals surface area (Å²) in [6.45, 7) is 3.19. The van der Waals surface area contributed by atoms with Crippen LogP contribution in [0, 0.1) is 5.92 Å². The highest BCUT2D eigenvalue weighted by molar-refractivity contribution is 5.93. The number of carboxylic acids is 1. The number of hydrogen-bond donors (Lipinski definition) is 4. The normalized spacial score (nSPS) is 21.0. The lowest BCUT2D eigenvalue weighted by Gasteiger charge is -2.15. The molecule has 0 radical (unpaired) electrons. The summed E-state index contributed by atoms with van der Waals surface area (Å²) in [5, 5.41) is 23.6. The molecule has 1 aliphatic heterocycles. The zero-order valence-corrected chi connectivity index (χ0v) is 11.6. The molecule has 2 unspecified atom stereocenters. The van der Waals surface area contributed by atoms with Gasteiger partial charge in [-0.3, -0.25) is 0 Å². The maximum Gasteiger partial charge on any atom is 0.339 e. The molecule has 2 atom stereocenters. The molecule has 1 saturated heterocycles. The Morgan fingerprint density at radius 3 is 2.76 bits per heavy atom. The number of benzene rings is 1. The summed E-state index contributed by atoms with van der Waals surface area (Å²) in [6.07, 6.45) is 1.04. The molecule has 7 heteroatoms. The largest absolute Gasteiger partial charge is 0.507 e. The van der Waals surface area contributed by atoms with Gasteiger partial charge in [-0.25, -0.2) is 9.59 Å². The first-order valence-electron chi connectivity index (χ1n) is 6.70. The third kappa shape index (κ3) is 3.85. The Morgan fingerprint density at radius 2 is 2.19 bits per heavy atom. The van der Waals surface area contributed by atoms with Crippen LogP contribution in [0.1, 0.15) is 23.7 Å². The number of aromatic hydroxyl groups is 1. The molecule has 1 heterocycles. The fraction of sp³-hybridized carbons (Fsp3) is 0.429. The minimum absolute atomic E-state index is 0.129. The smallest absolute Gasteiger partial charge is 0.339 e. The summed E-state index contributed by atoms with van der Waals surface area (Å²) in [5.74, 6) is -1.32. The zero-order valence-electron chi connectivity index (χ0n) is 11.6. The van der Waals surface area contributed by atoms with Crippen molar-refractivity contribution in [3.63, 3.8) is 0 Å². The number of rotatable bonds is 4. The quantitative estimate of drug-likeness (QED) is 0.675. The molecule has 0 spiro atoms. The average molecular weight is 294 g/mol. The van der Waals surface area contributed by atoms with Crippen LogP contribution in [0.3, 0.4) is 0 Å². The van der Waals surface area contributed by atoms with E-state index in [4.69, 9.17) is 9.84 Å². The Labute approximate surface area is 121 Å². The van der Waals surface area contributed by atoms with Gasteiger partial charge in [0.2, 0.25) is 0 Å². The summed E-state index contributed by atoms with van der Waals surface area (Å²) in [7, 11) is 0. The highest BCUT2D eigenvalue weighted by atomic mass is 16.5. The molecule has 114 valence electrons. The lowest BCUT2D eigenvalue weighted by atomic mass is 10.0. The molecule has 0 aromatic heterocycles. The SMILES string of the molecule is CC1OCCC1CNC(=O)Nc1ccc(C(=O)O)c(O)c1. The van der Waals surface area contributed by atoms with Gasteiger partial charge in [0.15, 0.2) is 0 Å². The van der Waals surface area contributed by atoms with Gasteiger partial charge in [-0.05, 0) is 25.5 Å². The number of ether oxygens (including phenoxy) is 1. The highest BCUT2D eigenvalue weighted by Crippen LogP contribution is 2.22. The number of carbonyl (C=O) groups is 2. The number of hydrogen-bond acceptors (Lipinski definition) is 4. The van der Waals surface area contributed by atoms with E-state index in [-0.39, 0.29) is 11.7 Å². The lowest BCUT2D eigenvalue weighted by Crippen LogP contribution is -2.35. The van der Waals surface area contributed by atoms with Crippen molar-refractivity contribution in [3.8, 4) is 5.75 Å². The summed E-state index contributed by atoms with van der Waals surface area (Å²) in [4.78, 5) is 22.5. The molecule has 0 bridgehead atoms. The zero-order chi connectivity index (χ0) is 15.4. The van der Waals surface area contributed by atoms with Gasteiger partial charge >= 0.3 is 12.0 Å². The van der Waals surface area contributed by atoms with Crippen LogP contribution in [-0.2, 0) is 4.74 Å². The fourth-order valence-electron chi connectivity index (χ4n) is 2.23. The molecule has 0 saturated carbocycles. The van der Waals surface area contributed by atoms with E-state index in [0.29, 0.717) is 24.8 Å². The summed E-state index contributed by atoms with van der Waals surface area (Å²) >= 11 is 0. The van der Waals surface area contributed by atoms with E-state index < -0.39 is 17.7 Å². The number of urea groups is 1. The Kier molecular flexibility index (Phi) is 4.64. The van der Waals surface area contributed by atoms with Gasteiger partial charge in [0.05, 0.1) is 6.10 Å². The second-order valence-corrected chi connectivity index (χ2v) is 5.00. The minimum atomic E-state index is -1.22. The first-order chi connectivity index (χ1) is 9.97. The maximum absolute atomic E-state index is 11.7. The van der Waals surface area contributed by atoms with E-state index >= 15 is 0 Å². The maximum atomic E-state index is 11.7. The molecule has 21 heavy (non-hydrogen) atoms. The van der Waals surface area contributed by atoms with Crippen LogP contribution in [0.5, 0.6) is 5.75 Å². The number of carbonyl (C=O) groups excluding carboxylic acids is 1. The van der Waals surface area contributed by atoms with E-state index in [0.717, 1.165) is 6.42 Å². The van der Waals surface area contributed by atoms with Crippen LogP contribution in [0.25, 0.3) is 0 Å². The van der Waals surface area contributed by atoms with Crippen LogP contribution in [0.2, 0.25) is 0 Å². The van der Waals surface area contributed by atoms with Gasteiger partial charge in [-0.15, -0.1) is 0 Å². The van der Waals surface area contributed by atoms with Crippen LogP contribution in [0.15, 0.2) is 18.2 Å². The Hall–Kier alpha value is -2.28. The van der Waals surface area contributed by atoms with Crippen LogP contribution in [-0.4, -0.2) is 41.5 Å². The second-order valence-electron chi connectivity index (χ2n) is 5.00. The molecule has 1 aliphatic rings. The third-order valence-electron chi connectivity index (χ3n) is 3.54. The van der Waals surface area contributed by atoms with E-state index in [1.54, 1.807) is 0 Å². The van der Waals surface area contributed by atoms with Gasteiger partial charge < -0.3 is 25.6 Å². The van der Waals surface area contributed by atoms with Crippen molar-refractivity contribution in [1.29, 1.82) is 0 Å². The topological polar surface area (TPSA) is 108 Å². The summed E-state index contributed by atoms with van der Waals surface area (Å²) < 4.78 is 5.41. The number of nitrogens with one attached hydrogen (secondary N) is 2. The minimum Gasteiger partial charge on any atom is -0.507 e. The predicted molar refractivity (Wildman–Crippen MR) is 75.6 cm³/mol. The fourth-order valence-corrected chi connectivity index (χ4v) is 2.23. The predicted octanol–water partition coefficient (Wildman–Crippen LogP) is 1.64. The third-order valence-corrected chi connectivity index (χ3v) is 3.54. The van der Waals surface area contributed by atoms with Crippen LogP contribution < -0.4 is 10.6 Å². The van der Waals surface area contributed by atoms with Crippen molar-refractivity contribution < 1.29 is 24.5 Å². The Balaban J connectivity index is 1.87. The highest BCUT2D eigenvalue weighted by Gasteiger charge is 2.24. The van der Waals surface area contributed by atoms with Crippen molar-refractivity contribution >= 4 is 17.7 Å². The van der Waals surface area contributed by atoms with E-state index in [9.17, 15) is 14.7 Å². The van der Waals surface area contributed by atoms with Gasteiger partial charge in [-0.1, -0.05) is 0 Å². The average Bonchev–Trinajstić information content (AvgIpc) is 2.81. The monoisotopic (exact) mass is 294 g/mol. The van der Waals surface area contributed by atoms with E-state index in [2.05, 4.69) is 10.6 Å². The van der Waals surface area contributed by atoms with Crippen molar-refractivity contribution in [2.24, 2.45) is 5.92 Å². The van der Waals surface area contributed by atoms with E-state index in [1.165, 1.54) is 18.2 Å². The number of aromatic carboxylic acids is 1. The summed E-state index contributed by atoms with van der Waals surface area (Å²) in [6, 6.07) is 3.45. The molecule has 2 rings (SSSR count). The molecule has 0 aliphatic carbocycles. The summed E-state index contributed by atoms with van der Waals surface area (Å²) in [5.41, 5.74) is 0.114. The number of anilines is 1. The molecule has 1 aromatic carbocycles. The van der Waals surface area contributed by atoms with Crippen molar-refractivity contribution in [3.05, 3.63) is 23.8 Å². The van der Waals surface area contributed by atoms with Crippen LogP contribution >= 0.6 is 0 Å². The molecule has 7 nitrogen and oxygen atoms in total. The van der Waals surface area contributed by atoms with E-state index in [1.807, 2.05) is 6.92 Å². The van der Waals surface area contributed by atoms with Crippen molar-refractivity contribution in [2.75, 3.05) is 18.5 Å². The second kappa shape index (κ2) is 6.45. The first-order valence-corrected chi connectivity index (χ1v) is 6.70. The number of amides is 2. The Bertz CT molecular complexity index is 546. The molecular formula is C14H18N2O5. The van der Waals surface area contributed by atoms with Crippen molar-refractivity contribution in [2.45, 2.75) is 19.4 Å². The lowest BCUT2D eigenvalue weighted by molar-refractivity contribution is 0.0693. The molecule has 2 amide bonds. The number of carboxylic acid groups (broad SMARTS) is 1. The van der Waals surface area contributed by atoms with Gasteiger partial charge in [0.1, 0.15) is 11.3 Å². The Morgan fingerprint density at radius 1 is 1.43 bits per heavy atom. The first kappa shape index (κ1) is 15.1. The van der Waals surface area contributed by atoms with Gasteiger partial charge in [0.25, 0.3) is 0 Å². The molecule has 4 N–H and O–H groups in total. The van der Waals surface area contributed by atoms with Gasteiger partial charge in [-0.2, -0.15) is 0 Å². The molecule has 1 fully saturated rings. The molecule has 1 aromatic rings. The standard InChI is InChI=1S/C14H18N2O5/c1-8-9(4-5-21-8)7-15-14(20)16-10-2-3-11(13(18)19)12(17)6-10/h2-3,6,8-9,17H,4-5,7H2,1H3,(H,18,19)(H2,15,16,20). The number of phenols is 1. The van der Waals surface area contributed by atoms with Crippen molar-refractivity contribution in [1.82, 2.24) is 5.32 Å². The molecular weight excluding hydrogens is 276 g/mol. The van der Waals surface area contributed by atoms with Crippen LogP contribution in [0.4, 0.5) is 10.5 Å². The van der Waals surface area contributed by atoms with Gasteiger partial charge in [0, 0.05) is 30.8 Å².